The maximum absolute atomic E-state index is 14.8. The molecular weight excluding hydrogens is 1230 g/mol. The van der Waals surface area contributed by atoms with Crippen molar-refractivity contribution in [2.45, 2.75) is 211 Å². The minimum Gasteiger partial charge on any atom is -0.481 e. The van der Waals surface area contributed by atoms with Crippen LogP contribution in [-0.2, 0) is 70.3 Å². The Morgan fingerprint density at radius 1 is 0.564 bits per heavy atom. The van der Waals surface area contributed by atoms with Crippen LogP contribution in [0.2, 0.25) is 0 Å². The van der Waals surface area contributed by atoms with E-state index in [9.17, 15) is 93.3 Å². The first-order valence-corrected chi connectivity index (χ1v) is 31.5. The minimum atomic E-state index is -1.75. The highest BCUT2D eigenvalue weighted by Crippen LogP contribution is 2.25. The van der Waals surface area contributed by atoms with Gasteiger partial charge in [-0.15, -0.1) is 0 Å². The summed E-state index contributed by atoms with van der Waals surface area (Å²) in [5, 5.41) is 93.4. The molecule has 31 heteroatoms. The average Bonchev–Trinajstić information content (AvgIpc) is 0.854. The molecule has 0 radical (unpaired) electrons. The maximum Gasteiger partial charge on any atom is 0.326 e. The summed E-state index contributed by atoms with van der Waals surface area (Å²) in [6.07, 6.45) is -10.5. The van der Waals surface area contributed by atoms with E-state index < -0.39 is 207 Å². The number of aliphatic hydroxyl groups is 5. The second-order valence-electron chi connectivity index (χ2n) is 24.5. The fourth-order valence-electron chi connectivity index (χ4n) is 9.89. The molecule has 94 heavy (non-hydrogen) atoms. The maximum atomic E-state index is 14.8. The summed E-state index contributed by atoms with van der Waals surface area (Å²) < 4.78 is 5.50. The van der Waals surface area contributed by atoms with E-state index >= 15 is 0 Å². The van der Waals surface area contributed by atoms with E-state index in [0.717, 1.165) is 0 Å². The predicted molar refractivity (Wildman–Crippen MR) is 338 cm³/mol. The first-order chi connectivity index (χ1) is 44.2. The van der Waals surface area contributed by atoms with Crippen LogP contribution in [0.25, 0.3) is 0 Å². The van der Waals surface area contributed by atoms with E-state index in [1.807, 2.05) is 0 Å². The molecule has 1 heterocycles. The van der Waals surface area contributed by atoms with Gasteiger partial charge < -0.3 is 99.8 Å². The largest absolute Gasteiger partial charge is 0.481 e. The Labute approximate surface area is 545 Å². The predicted octanol–water partition coefficient (Wildman–Crippen LogP) is -3.56. The molecule has 0 saturated carbocycles. The van der Waals surface area contributed by atoms with Gasteiger partial charge in [-0.1, -0.05) is 103 Å². The third-order valence-electron chi connectivity index (χ3n) is 15.9. The number of benzene rings is 2. The number of hydrogen-bond acceptors (Lipinski definition) is 20. The van der Waals surface area contributed by atoms with Gasteiger partial charge in [-0.3, -0.25) is 52.7 Å². The highest BCUT2D eigenvalue weighted by atomic mass is 16.5. The summed E-state index contributed by atoms with van der Waals surface area (Å²) >= 11 is 0. The molecule has 2 aromatic rings. The lowest BCUT2D eigenvalue weighted by Gasteiger charge is -2.39. The molecule has 3 rings (SSSR count). The first-order valence-electron chi connectivity index (χ1n) is 31.5. The molecule has 524 valence electrons. The third kappa shape index (κ3) is 26.0. The smallest absolute Gasteiger partial charge is 0.326 e. The van der Waals surface area contributed by atoms with Gasteiger partial charge in [0.15, 0.2) is 5.78 Å². The standard InChI is InChI=1S/C63H97N11O20/c1-9-33(6)50(73-60(89)49(65)32(4)5)61(90)74-51(35(8)76)62(91)67-34(7)55(84)71-42(26-36-15-11-10-12-16-36)59(88)72-43(27-37-18-20-38(21-19-37)44(77)28-45-52(81)54(83)53(82)46(30-75)94-45)58(87)69-39(22-23-48(79)80)56(85)66-29-47(78)68-41(25-31(2)3)57(86)70-40(63(92)93)17-13-14-24-64/h10-12,15-16,18-21,31-35,39-43,45-46,49-54,75-76,81-83H,9,13-14,17,22-30,64-65H2,1-8H3,(H,66,85)(H,67,91)(H,68,78)(H,69,87)(H,70,86)(H,71,84)(H,72,88)(H,73,89)(H,74,90)(H,79,80)(H,92,93)/t33-,34-,35+,39-,40-,41-,42-,43+,45-,46+,49-,50-,51-,52-,53-,54+/m0/s1. The van der Waals surface area contributed by atoms with Gasteiger partial charge in [0, 0.05) is 31.2 Å². The third-order valence-corrected chi connectivity index (χ3v) is 15.9. The van der Waals surface area contributed by atoms with Crippen LogP contribution in [0.1, 0.15) is 128 Å². The van der Waals surface area contributed by atoms with Gasteiger partial charge in [0.05, 0.1) is 31.4 Å². The Hall–Kier alpha value is -8.04. The van der Waals surface area contributed by atoms with Crippen molar-refractivity contribution in [3.63, 3.8) is 0 Å². The first kappa shape index (κ1) is 80.2. The molecule has 0 aliphatic carbocycles. The van der Waals surface area contributed by atoms with Crippen LogP contribution in [0, 0.1) is 17.8 Å². The molecule has 1 aliphatic rings. The number of Topliss-reactive ketones (excluding diaryl/α,β-unsaturated/α-hetero) is 1. The molecule has 1 aliphatic heterocycles. The van der Waals surface area contributed by atoms with Crippen molar-refractivity contribution in [1.82, 2.24) is 47.9 Å². The van der Waals surface area contributed by atoms with Crippen molar-refractivity contribution in [2.75, 3.05) is 19.7 Å². The van der Waals surface area contributed by atoms with Crippen LogP contribution < -0.4 is 59.3 Å². The van der Waals surface area contributed by atoms with Crippen molar-refractivity contribution in [3.8, 4) is 0 Å². The van der Waals surface area contributed by atoms with Crippen LogP contribution in [-0.4, -0.2) is 217 Å². The molecule has 20 N–H and O–H groups in total. The second-order valence-corrected chi connectivity index (χ2v) is 24.5. The zero-order valence-electron chi connectivity index (χ0n) is 54.4. The molecule has 0 spiro atoms. The fourth-order valence-corrected chi connectivity index (χ4v) is 9.89. The summed E-state index contributed by atoms with van der Waals surface area (Å²) in [7, 11) is 0. The molecule has 1 saturated heterocycles. The van der Waals surface area contributed by atoms with E-state index in [1.165, 1.54) is 38.1 Å². The summed E-state index contributed by atoms with van der Waals surface area (Å²) in [5.74, 6) is -12.8. The second kappa shape index (κ2) is 39.6. The zero-order chi connectivity index (χ0) is 70.7. The van der Waals surface area contributed by atoms with Crippen LogP contribution in [0.4, 0.5) is 0 Å². The number of carboxylic acid groups (broad SMARTS) is 2. The van der Waals surface area contributed by atoms with Gasteiger partial charge in [0.1, 0.15) is 72.8 Å². The number of carboxylic acids is 2. The van der Waals surface area contributed by atoms with E-state index in [0.29, 0.717) is 31.4 Å². The Morgan fingerprint density at radius 3 is 1.63 bits per heavy atom. The van der Waals surface area contributed by atoms with Gasteiger partial charge >= 0.3 is 11.9 Å². The zero-order valence-corrected chi connectivity index (χ0v) is 54.4. The molecular formula is C63H97N11O20. The summed E-state index contributed by atoms with van der Waals surface area (Å²) in [6, 6.07) is 0.664. The van der Waals surface area contributed by atoms with Crippen LogP contribution in [0.15, 0.2) is 54.6 Å². The lowest BCUT2D eigenvalue weighted by atomic mass is 9.91. The van der Waals surface area contributed by atoms with Crippen LogP contribution in [0.5, 0.6) is 0 Å². The number of amides is 9. The van der Waals surface area contributed by atoms with E-state index in [-0.39, 0.29) is 42.2 Å². The number of aliphatic hydroxyl groups excluding tert-OH is 5. The minimum absolute atomic E-state index is 0.0270. The number of aliphatic carboxylic acids is 2. The normalized spacial score (nSPS) is 19.7. The Balaban J connectivity index is 2.01. The lowest BCUT2D eigenvalue weighted by Crippen LogP contribution is -2.62. The molecule has 9 amide bonds. The number of nitrogens with two attached hydrogens (primary N) is 2. The number of ether oxygens (including phenoxy) is 1. The molecule has 1 fully saturated rings. The molecule has 2 aromatic carbocycles. The van der Waals surface area contributed by atoms with Crippen molar-refractivity contribution >= 4 is 70.9 Å². The van der Waals surface area contributed by atoms with Crippen molar-refractivity contribution in [2.24, 2.45) is 29.2 Å². The Kier molecular flexibility index (Phi) is 33.8. The van der Waals surface area contributed by atoms with E-state index in [4.69, 9.17) is 16.2 Å². The summed E-state index contributed by atoms with van der Waals surface area (Å²) in [4.78, 5) is 162. The lowest BCUT2D eigenvalue weighted by molar-refractivity contribution is -0.227. The highest BCUT2D eigenvalue weighted by molar-refractivity contribution is 5.99. The molecule has 31 nitrogen and oxygen atoms in total. The van der Waals surface area contributed by atoms with Gasteiger partial charge in [0.25, 0.3) is 0 Å². The number of ketones is 1. The van der Waals surface area contributed by atoms with Crippen molar-refractivity contribution in [1.29, 1.82) is 0 Å². The number of nitrogens with one attached hydrogen (secondary N) is 9. The number of hydrogen-bond donors (Lipinski definition) is 18. The monoisotopic (exact) mass is 1330 g/mol. The van der Waals surface area contributed by atoms with Crippen LogP contribution in [0.3, 0.4) is 0 Å². The van der Waals surface area contributed by atoms with Crippen molar-refractivity contribution < 1.29 is 98.0 Å². The van der Waals surface area contributed by atoms with Crippen molar-refractivity contribution in [3.05, 3.63) is 71.3 Å². The number of carbonyl (C=O) groups excluding carboxylic acids is 10. The van der Waals surface area contributed by atoms with Gasteiger partial charge in [-0.2, -0.15) is 0 Å². The molecule has 0 unspecified atom stereocenters. The number of rotatable bonds is 40. The quantitative estimate of drug-likeness (QED) is 0.0227. The van der Waals surface area contributed by atoms with Crippen LogP contribution >= 0.6 is 0 Å². The Bertz CT molecular complexity index is 2860. The summed E-state index contributed by atoms with van der Waals surface area (Å²) in [6.45, 7) is 11.5. The van der Waals surface area contributed by atoms with Gasteiger partial charge in [-0.25, -0.2) is 4.79 Å². The van der Waals surface area contributed by atoms with E-state index in [1.54, 1.807) is 71.9 Å². The van der Waals surface area contributed by atoms with Gasteiger partial charge in [0.2, 0.25) is 53.2 Å². The van der Waals surface area contributed by atoms with E-state index in [2.05, 4.69) is 47.9 Å². The summed E-state index contributed by atoms with van der Waals surface area (Å²) in [5.41, 5.74) is 12.3. The number of unbranched alkanes of at least 4 members (excludes halogenated alkanes) is 1. The van der Waals surface area contributed by atoms with Gasteiger partial charge in [-0.05, 0) is 81.4 Å². The molecule has 16 atom stereocenters. The number of carbonyl (C=O) groups is 12. The fraction of sp³-hybridized carbons (Fsp3) is 0.619. The topological polar surface area (TPSA) is 516 Å². The highest BCUT2D eigenvalue weighted by Gasteiger charge is 2.44. The molecule has 0 bridgehead atoms. The Morgan fingerprint density at radius 2 is 1.10 bits per heavy atom. The average molecular weight is 1330 g/mol. The molecule has 0 aromatic heterocycles. The SMILES string of the molecule is CC[C@H](C)[C@H](NC(=O)[C@@H](N)C(C)C)C(=O)N[C@H](C(=O)N[C@@H](C)C(=O)N[C@@H](Cc1ccccc1)C(=O)N[C@H](Cc1ccc(C(=O)C[C@@H]2O[C@H](CO)[C@H](O)[C@H](O)[C@H]2O)cc1)C(=O)N[C@@H](CCC(=O)O)C(=O)NCC(=O)N[C@@H](CC(C)C)C(=O)N[C@@H](CCCCN)C(=O)O)[C@@H](C)O.